The second-order valence-corrected chi connectivity index (χ2v) is 8.57. The molecule has 6 heteroatoms. The number of thiophene rings is 2. The van der Waals surface area contributed by atoms with Crippen LogP contribution < -0.4 is 0 Å². The minimum absolute atomic E-state index is 0.729. The van der Waals surface area contributed by atoms with E-state index in [1.165, 1.54) is 35.5 Å². The molecule has 0 bridgehead atoms. The number of unbranched alkanes of at least 4 members (excludes halogenated alkanes) is 3. The lowest BCUT2D eigenvalue weighted by atomic mass is 10.1. The van der Waals surface area contributed by atoms with Crippen LogP contribution in [0.1, 0.15) is 42.3 Å². The summed E-state index contributed by atoms with van der Waals surface area (Å²) >= 11 is 3.21. The summed E-state index contributed by atoms with van der Waals surface area (Å²) < 4.78 is 0. The van der Waals surface area contributed by atoms with Crippen molar-refractivity contribution in [3.63, 3.8) is 0 Å². The van der Waals surface area contributed by atoms with Crippen LogP contribution in [0.15, 0.2) is 41.8 Å². The number of carbonyl (C=O) groups excluding carboxylic acids is 1. The van der Waals surface area contributed by atoms with Crippen molar-refractivity contribution in [2.45, 2.75) is 39.2 Å². The molecule has 0 N–H and O–H groups in total. The third-order valence-electron chi connectivity index (χ3n) is 4.59. The second kappa shape index (κ2) is 8.15. The highest BCUT2D eigenvalue weighted by molar-refractivity contribution is 7.17. The minimum Gasteiger partial charge on any atom is -0.297 e. The number of aldehydes is 1. The number of fused-ring (bicyclic) bond motifs is 1. The van der Waals surface area contributed by atoms with E-state index in [-0.39, 0.29) is 0 Å². The van der Waals surface area contributed by atoms with E-state index in [9.17, 15) is 4.79 Å². The first-order valence-electron chi connectivity index (χ1n) is 9.27. The molecule has 3 aromatic heterocycles. The van der Waals surface area contributed by atoms with Gasteiger partial charge in [-0.05, 0) is 30.0 Å². The normalized spacial score (nSPS) is 11.3. The molecule has 0 atom stereocenters. The second-order valence-electron chi connectivity index (χ2n) is 6.51. The van der Waals surface area contributed by atoms with Crippen molar-refractivity contribution >= 4 is 40.0 Å². The number of aryl methyl sites for hydroxylation is 1. The average molecular weight is 396 g/mol. The molecular formula is C21H21N3OS2. The van der Waals surface area contributed by atoms with Gasteiger partial charge in [-0.2, -0.15) is 15.0 Å². The van der Waals surface area contributed by atoms with Gasteiger partial charge in [-0.3, -0.25) is 4.79 Å². The third kappa shape index (κ3) is 3.73. The van der Waals surface area contributed by atoms with E-state index >= 15 is 0 Å². The predicted molar refractivity (Wildman–Crippen MR) is 114 cm³/mol. The van der Waals surface area contributed by atoms with Crippen LogP contribution in [0.4, 0.5) is 0 Å². The molecule has 27 heavy (non-hydrogen) atoms. The fourth-order valence-corrected chi connectivity index (χ4v) is 4.81. The summed E-state index contributed by atoms with van der Waals surface area (Å²) in [5.74, 6) is 0. The molecule has 0 saturated heterocycles. The number of aromatic nitrogens is 3. The highest BCUT2D eigenvalue weighted by Crippen LogP contribution is 2.37. The monoisotopic (exact) mass is 395 g/mol. The van der Waals surface area contributed by atoms with E-state index in [4.69, 9.17) is 10.2 Å². The molecule has 0 aliphatic carbocycles. The van der Waals surface area contributed by atoms with Crippen molar-refractivity contribution in [3.8, 4) is 20.9 Å². The number of nitrogens with zero attached hydrogens (tertiary/aromatic N) is 3. The van der Waals surface area contributed by atoms with Crippen molar-refractivity contribution in [1.29, 1.82) is 0 Å². The average Bonchev–Trinajstić information content (AvgIpc) is 3.44. The summed E-state index contributed by atoms with van der Waals surface area (Å²) in [4.78, 5) is 15.9. The van der Waals surface area contributed by atoms with Crippen LogP contribution in [0.5, 0.6) is 0 Å². The van der Waals surface area contributed by atoms with Gasteiger partial charge in [0.15, 0.2) is 6.29 Å². The lowest BCUT2D eigenvalue weighted by Crippen LogP contribution is -2.02. The fraction of sp³-hybridized carbons (Fsp3) is 0.286. The molecule has 0 aliphatic heterocycles. The van der Waals surface area contributed by atoms with E-state index in [0.29, 0.717) is 0 Å². The maximum absolute atomic E-state index is 11.1. The molecule has 0 spiro atoms. The zero-order valence-electron chi connectivity index (χ0n) is 15.2. The Kier molecular flexibility index (Phi) is 5.45. The minimum atomic E-state index is 0.729. The zero-order valence-corrected chi connectivity index (χ0v) is 16.9. The van der Waals surface area contributed by atoms with Crippen LogP contribution in [-0.4, -0.2) is 21.3 Å². The summed E-state index contributed by atoms with van der Waals surface area (Å²) in [6, 6.07) is 12.3. The third-order valence-corrected chi connectivity index (χ3v) is 6.54. The Balaban J connectivity index is 1.78. The summed E-state index contributed by atoms with van der Waals surface area (Å²) in [6.07, 6.45) is 5.66. The Bertz CT molecular complexity index is 1050. The van der Waals surface area contributed by atoms with Crippen molar-refractivity contribution in [2.24, 2.45) is 0 Å². The molecule has 4 rings (SSSR count). The highest BCUT2D eigenvalue weighted by atomic mass is 32.1. The molecule has 4 nitrogen and oxygen atoms in total. The Morgan fingerprint density at radius 3 is 2.37 bits per heavy atom. The first-order chi connectivity index (χ1) is 13.3. The maximum Gasteiger partial charge on any atom is 0.160 e. The van der Waals surface area contributed by atoms with Crippen molar-refractivity contribution in [3.05, 3.63) is 46.7 Å². The Hall–Kier alpha value is -2.31. The van der Waals surface area contributed by atoms with Crippen LogP contribution in [0.25, 0.3) is 31.9 Å². The van der Waals surface area contributed by atoms with Crippen molar-refractivity contribution in [2.75, 3.05) is 0 Å². The van der Waals surface area contributed by atoms with Gasteiger partial charge in [-0.1, -0.05) is 44.4 Å². The molecule has 1 aromatic carbocycles. The van der Waals surface area contributed by atoms with Gasteiger partial charge in [0, 0.05) is 20.9 Å². The molecule has 0 amide bonds. The smallest absolute Gasteiger partial charge is 0.160 e. The van der Waals surface area contributed by atoms with Gasteiger partial charge >= 0.3 is 0 Å². The van der Waals surface area contributed by atoms with E-state index in [2.05, 4.69) is 36.6 Å². The van der Waals surface area contributed by atoms with E-state index in [1.54, 1.807) is 11.3 Å². The summed E-state index contributed by atoms with van der Waals surface area (Å²) in [5, 5.41) is 11.7. The van der Waals surface area contributed by atoms with Crippen LogP contribution in [-0.2, 0) is 6.54 Å². The number of rotatable bonds is 8. The Labute approximate surface area is 166 Å². The van der Waals surface area contributed by atoms with Gasteiger partial charge in [0.25, 0.3) is 0 Å². The van der Waals surface area contributed by atoms with Gasteiger partial charge in [-0.15, -0.1) is 22.7 Å². The van der Waals surface area contributed by atoms with Crippen LogP contribution in [0.3, 0.4) is 0 Å². The SMILES string of the molecule is CCCCCCn1nc2c(-c3cccs3)ccc(-c3ccc(C=O)s3)c2n1. The lowest BCUT2D eigenvalue weighted by Gasteiger charge is -2.02. The summed E-state index contributed by atoms with van der Waals surface area (Å²) in [7, 11) is 0. The first kappa shape index (κ1) is 18.1. The number of benzene rings is 1. The van der Waals surface area contributed by atoms with E-state index < -0.39 is 0 Å². The number of hydrogen-bond acceptors (Lipinski definition) is 5. The fourth-order valence-electron chi connectivity index (χ4n) is 3.21. The topological polar surface area (TPSA) is 47.8 Å². The van der Waals surface area contributed by atoms with Crippen LogP contribution in [0, 0.1) is 0 Å². The van der Waals surface area contributed by atoms with Crippen molar-refractivity contribution < 1.29 is 4.79 Å². The maximum atomic E-state index is 11.1. The molecule has 0 unspecified atom stereocenters. The van der Waals surface area contributed by atoms with E-state index in [0.717, 1.165) is 51.2 Å². The summed E-state index contributed by atoms with van der Waals surface area (Å²) in [6.45, 7) is 3.05. The van der Waals surface area contributed by atoms with Gasteiger partial charge in [0.05, 0.1) is 11.4 Å². The molecule has 0 fully saturated rings. The molecule has 0 saturated carbocycles. The summed E-state index contributed by atoms with van der Waals surface area (Å²) in [5.41, 5.74) is 4.01. The molecule has 138 valence electrons. The number of carbonyl (C=O) groups is 1. The zero-order chi connectivity index (χ0) is 18.6. The largest absolute Gasteiger partial charge is 0.297 e. The molecule has 0 aliphatic rings. The van der Waals surface area contributed by atoms with Crippen LogP contribution >= 0.6 is 22.7 Å². The first-order valence-corrected chi connectivity index (χ1v) is 11.0. The number of hydrogen-bond donors (Lipinski definition) is 0. The predicted octanol–water partition coefficient (Wildman–Crippen LogP) is 6.28. The van der Waals surface area contributed by atoms with Crippen molar-refractivity contribution in [1.82, 2.24) is 15.0 Å². The highest BCUT2D eigenvalue weighted by Gasteiger charge is 2.16. The van der Waals surface area contributed by atoms with Gasteiger partial charge in [0.1, 0.15) is 11.0 Å². The quantitative estimate of drug-likeness (QED) is 0.260. The van der Waals surface area contributed by atoms with Crippen LogP contribution in [0.2, 0.25) is 0 Å². The molecule has 3 heterocycles. The molecule has 0 radical (unpaired) electrons. The van der Waals surface area contributed by atoms with Gasteiger partial charge in [-0.25, -0.2) is 0 Å². The molecular weight excluding hydrogens is 374 g/mol. The Morgan fingerprint density at radius 2 is 1.74 bits per heavy atom. The standard InChI is InChI=1S/C21H21N3OS2/c1-2-3-4-5-12-24-22-20-16(18-7-6-13-26-18)9-10-17(21(20)23-24)19-11-8-15(14-25)27-19/h6-11,13-14H,2-5,12H2,1H3. The Morgan fingerprint density at radius 1 is 0.963 bits per heavy atom. The lowest BCUT2D eigenvalue weighted by molar-refractivity contribution is 0.112. The van der Waals surface area contributed by atoms with Gasteiger partial charge in [0.2, 0.25) is 0 Å². The van der Waals surface area contributed by atoms with E-state index in [1.807, 2.05) is 16.9 Å². The van der Waals surface area contributed by atoms with Gasteiger partial charge < -0.3 is 0 Å². The molecule has 4 aromatic rings.